The second kappa shape index (κ2) is 7.29. The van der Waals surface area contributed by atoms with E-state index in [0.29, 0.717) is 21.8 Å². The molecule has 28 heavy (non-hydrogen) atoms. The fraction of sp³-hybridized carbons (Fsp3) is 0.0455. The van der Waals surface area contributed by atoms with E-state index in [2.05, 4.69) is 4.98 Å². The Morgan fingerprint density at radius 3 is 2.36 bits per heavy atom. The smallest absolute Gasteiger partial charge is 0.300 e. The van der Waals surface area contributed by atoms with Gasteiger partial charge in [0, 0.05) is 16.8 Å². The maximum absolute atomic E-state index is 12.9. The van der Waals surface area contributed by atoms with E-state index in [1.54, 1.807) is 72.9 Å². The molecule has 0 saturated carbocycles. The monoisotopic (exact) mass is 390 g/mol. The third-order valence-corrected chi connectivity index (χ3v) is 4.96. The van der Waals surface area contributed by atoms with Crippen LogP contribution in [0.5, 0.6) is 0 Å². The third-order valence-electron chi connectivity index (χ3n) is 4.62. The minimum atomic E-state index is -0.863. The molecule has 1 atom stereocenters. The predicted molar refractivity (Wildman–Crippen MR) is 107 cm³/mol. The largest absolute Gasteiger partial charge is 0.507 e. The van der Waals surface area contributed by atoms with Crippen LogP contribution in [-0.2, 0) is 9.59 Å². The number of carbonyl (C=O) groups is 2. The molecule has 1 N–H and O–H groups in total. The molecule has 1 aliphatic heterocycles. The molecule has 1 fully saturated rings. The molecule has 1 unspecified atom stereocenters. The summed E-state index contributed by atoms with van der Waals surface area (Å²) in [6.07, 6.45) is 3.08. The van der Waals surface area contributed by atoms with Crippen LogP contribution < -0.4 is 4.90 Å². The normalized spacial score (nSPS) is 18.5. The number of halogens is 1. The number of aromatic nitrogens is 1. The third kappa shape index (κ3) is 2.96. The van der Waals surface area contributed by atoms with Crippen molar-refractivity contribution in [2.45, 2.75) is 6.04 Å². The molecular weight excluding hydrogens is 376 g/mol. The number of hydrogen-bond donors (Lipinski definition) is 1. The summed E-state index contributed by atoms with van der Waals surface area (Å²) in [5.41, 5.74) is 1.43. The molecule has 1 aromatic heterocycles. The topological polar surface area (TPSA) is 70.5 Å². The van der Waals surface area contributed by atoms with Gasteiger partial charge in [0.15, 0.2) is 0 Å². The van der Waals surface area contributed by atoms with Crippen molar-refractivity contribution >= 4 is 34.7 Å². The van der Waals surface area contributed by atoms with Gasteiger partial charge in [0.1, 0.15) is 5.76 Å². The van der Waals surface area contributed by atoms with Crippen molar-refractivity contribution in [1.82, 2.24) is 4.98 Å². The van der Waals surface area contributed by atoms with Crippen LogP contribution >= 0.6 is 11.6 Å². The number of hydrogen-bond acceptors (Lipinski definition) is 4. The summed E-state index contributed by atoms with van der Waals surface area (Å²) >= 11 is 6.40. The average Bonchev–Trinajstić information content (AvgIpc) is 3.00. The number of ketones is 1. The first-order valence-corrected chi connectivity index (χ1v) is 8.98. The zero-order chi connectivity index (χ0) is 19.7. The van der Waals surface area contributed by atoms with Crippen LogP contribution in [0.2, 0.25) is 5.02 Å². The van der Waals surface area contributed by atoms with Crippen LogP contribution in [0, 0.1) is 0 Å². The van der Waals surface area contributed by atoms with E-state index >= 15 is 0 Å². The van der Waals surface area contributed by atoms with E-state index in [0.717, 1.165) is 0 Å². The summed E-state index contributed by atoms with van der Waals surface area (Å²) in [5.74, 6) is -1.75. The molecule has 5 nitrogen and oxygen atoms in total. The Morgan fingerprint density at radius 2 is 1.68 bits per heavy atom. The Bertz CT molecular complexity index is 1080. The van der Waals surface area contributed by atoms with Gasteiger partial charge in [-0.1, -0.05) is 60.1 Å². The number of anilines is 1. The van der Waals surface area contributed by atoms with Gasteiger partial charge in [0.25, 0.3) is 11.7 Å². The first kappa shape index (κ1) is 17.9. The summed E-state index contributed by atoms with van der Waals surface area (Å²) in [6.45, 7) is 0. The predicted octanol–water partition coefficient (Wildman–Crippen LogP) is 4.36. The molecule has 1 aliphatic rings. The molecule has 0 aliphatic carbocycles. The van der Waals surface area contributed by atoms with E-state index in [4.69, 9.17) is 11.6 Å². The quantitative estimate of drug-likeness (QED) is 0.410. The van der Waals surface area contributed by atoms with E-state index < -0.39 is 17.7 Å². The number of amides is 1. The Morgan fingerprint density at radius 1 is 0.964 bits per heavy atom. The number of benzene rings is 2. The Balaban J connectivity index is 1.98. The van der Waals surface area contributed by atoms with Crippen molar-refractivity contribution in [2.24, 2.45) is 0 Å². The lowest BCUT2D eigenvalue weighted by Crippen LogP contribution is -2.29. The van der Waals surface area contributed by atoms with Crippen LogP contribution in [0.1, 0.15) is 17.2 Å². The first-order valence-electron chi connectivity index (χ1n) is 8.60. The number of rotatable bonds is 3. The van der Waals surface area contributed by atoms with Crippen LogP contribution in [0.3, 0.4) is 0 Å². The highest BCUT2D eigenvalue weighted by Gasteiger charge is 2.47. The van der Waals surface area contributed by atoms with Crippen LogP contribution in [0.25, 0.3) is 5.76 Å². The summed E-state index contributed by atoms with van der Waals surface area (Å²) in [6, 6.07) is 18.1. The van der Waals surface area contributed by atoms with Gasteiger partial charge in [-0.05, 0) is 23.8 Å². The Kier molecular flexibility index (Phi) is 4.67. The summed E-state index contributed by atoms with van der Waals surface area (Å²) in [5, 5.41) is 11.3. The van der Waals surface area contributed by atoms with Crippen LogP contribution in [-0.4, -0.2) is 21.8 Å². The number of Topliss-reactive ketones (excluding diaryl/α,β-unsaturated/α-hetero) is 1. The molecule has 0 spiro atoms. The maximum Gasteiger partial charge on any atom is 0.300 e. The standard InChI is InChI=1S/C22H15ClN2O3/c23-17-11-5-4-10-16(17)19-18(20(26)14-7-2-1-3-8-14)21(27)22(28)25(19)15-9-6-12-24-13-15/h1-13,19,26H/b20-18+. The number of pyridine rings is 1. The fourth-order valence-electron chi connectivity index (χ4n) is 3.34. The zero-order valence-corrected chi connectivity index (χ0v) is 15.4. The van der Waals surface area contributed by atoms with Crippen molar-refractivity contribution in [3.8, 4) is 0 Å². The molecule has 3 aromatic rings. The Labute approximate surface area is 166 Å². The summed E-state index contributed by atoms with van der Waals surface area (Å²) < 4.78 is 0. The summed E-state index contributed by atoms with van der Waals surface area (Å²) in [7, 11) is 0. The van der Waals surface area contributed by atoms with E-state index in [9.17, 15) is 14.7 Å². The van der Waals surface area contributed by atoms with Gasteiger partial charge in [-0.2, -0.15) is 0 Å². The fourth-order valence-corrected chi connectivity index (χ4v) is 3.58. The Hall–Kier alpha value is -3.44. The highest BCUT2D eigenvalue weighted by Crippen LogP contribution is 2.43. The molecule has 4 rings (SSSR count). The molecule has 2 aromatic carbocycles. The van der Waals surface area contributed by atoms with Gasteiger partial charge in [-0.3, -0.25) is 19.5 Å². The molecule has 0 radical (unpaired) electrons. The minimum Gasteiger partial charge on any atom is -0.507 e. The van der Waals surface area contributed by atoms with Gasteiger partial charge in [-0.15, -0.1) is 0 Å². The van der Waals surface area contributed by atoms with Crippen LogP contribution in [0.15, 0.2) is 84.7 Å². The lowest BCUT2D eigenvalue weighted by Gasteiger charge is -2.25. The van der Waals surface area contributed by atoms with Crippen molar-refractivity contribution in [1.29, 1.82) is 0 Å². The van der Waals surface area contributed by atoms with Gasteiger partial charge in [-0.25, -0.2) is 0 Å². The van der Waals surface area contributed by atoms with Gasteiger partial charge in [0.2, 0.25) is 0 Å². The molecule has 0 bridgehead atoms. The highest BCUT2D eigenvalue weighted by atomic mass is 35.5. The minimum absolute atomic E-state index is 0.00634. The van der Waals surface area contributed by atoms with Crippen molar-refractivity contribution in [3.05, 3.63) is 101 Å². The van der Waals surface area contributed by atoms with Crippen molar-refractivity contribution in [2.75, 3.05) is 4.90 Å². The van der Waals surface area contributed by atoms with E-state index in [1.165, 1.54) is 11.1 Å². The van der Waals surface area contributed by atoms with Crippen molar-refractivity contribution < 1.29 is 14.7 Å². The second-order valence-electron chi connectivity index (χ2n) is 6.27. The number of aliphatic hydroxyl groups is 1. The summed E-state index contributed by atoms with van der Waals surface area (Å²) in [4.78, 5) is 31.2. The molecule has 1 saturated heterocycles. The number of nitrogens with zero attached hydrogens (tertiary/aromatic N) is 2. The molecule has 6 heteroatoms. The molecule has 138 valence electrons. The molecule has 2 heterocycles. The lowest BCUT2D eigenvalue weighted by atomic mass is 9.95. The lowest BCUT2D eigenvalue weighted by molar-refractivity contribution is -0.132. The van der Waals surface area contributed by atoms with Crippen molar-refractivity contribution in [3.63, 3.8) is 0 Å². The van der Waals surface area contributed by atoms with Gasteiger partial charge in [0.05, 0.1) is 23.5 Å². The highest BCUT2D eigenvalue weighted by molar-refractivity contribution is 6.52. The molecular formula is C22H15ClN2O3. The number of aliphatic hydroxyl groups excluding tert-OH is 1. The molecule has 1 amide bonds. The number of carbonyl (C=O) groups excluding carboxylic acids is 2. The van der Waals surface area contributed by atoms with Crippen LogP contribution in [0.4, 0.5) is 5.69 Å². The zero-order valence-electron chi connectivity index (χ0n) is 14.6. The van der Waals surface area contributed by atoms with E-state index in [1.807, 2.05) is 0 Å². The first-order chi connectivity index (χ1) is 13.6. The second-order valence-corrected chi connectivity index (χ2v) is 6.68. The average molecular weight is 391 g/mol. The SMILES string of the molecule is O=C1C(=O)N(c2cccnc2)C(c2ccccc2Cl)/C1=C(\O)c1ccccc1. The van der Waals surface area contributed by atoms with Gasteiger partial charge >= 0.3 is 0 Å². The van der Waals surface area contributed by atoms with E-state index in [-0.39, 0.29) is 11.3 Å². The maximum atomic E-state index is 12.9. The van der Waals surface area contributed by atoms with Gasteiger partial charge < -0.3 is 5.11 Å².